The maximum absolute atomic E-state index is 13.2. The quantitative estimate of drug-likeness (QED) is 0.529. The summed E-state index contributed by atoms with van der Waals surface area (Å²) in [6.07, 6.45) is 0.773. The predicted octanol–water partition coefficient (Wildman–Crippen LogP) is 3.01. The van der Waals surface area contributed by atoms with E-state index < -0.39 is 12.0 Å². The van der Waals surface area contributed by atoms with Crippen LogP contribution in [0.1, 0.15) is 31.4 Å². The van der Waals surface area contributed by atoms with Gasteiger partial charge in [-0.2, -0.15) is 0 Å². The third-order valence-electron chi connectivity index (χ3n) is 6.55. The third-order valence-corrected chi connectivity index (χ3v) is 7.43. The normalized spacial score (nSPS) is 20.3. The minimum Gasteiger partial charge on any atom is -0.493 e. The number of likely N-dealkylation sites (N-methyl/N-ethyl adjacent to an activating group) is 1. The Bertz CT molecular complexity index is 1090. The van der Waals surface area contributed by atoms with Gasteiger partial charge >= 0.3 is 5.97 Å². The Labute approximate surface area is 210 Å². The van der Waals surface area contributed by atoms with Crippen LogP contribution in [-0.2, 0) is 14.3 Å². The third kappa shape index (κ3) is 4.77. The van der Waals surface area contributed by atoms with Crippen LogP contribution in [-0.4, -0.2) is 86.3 Å². The second-order valence-electron chi connectivity index (χ2n) is 8.54. The number of thioether (sulfide) groups is 1. The number of nitrogens with zero attached hydrogens (tertiary/aromatic N) is 4. The first-order valence-corrected chi connectivity index (χ1v) is 12.5. The smallest absolute Gasteiger partial charge is 0.338 e. The van der Waals surface area contributed by atoms with E-state index in [-0.39, 0.29) is 12.3 Å². The zero-order valence-electron chi connectivity index (χ0n) is 20.9. The lowest BCUT2D eigenvalue weighted by Gasteiger charge is -2.38. The Kier molecular flexibility index (Phi) is 7.71. The zero-order chi connectivity index (χ0) is 25.1. The molecule has 1 amide bonds. The summed E-state index contributed by atoms with van der Waals surface area (Å²) in [6.45, 7) is 5.08. The molecule has 0 aliphatic carbocycles. The number of hydrogen-bond donors (Lipinski definition) is 0. The van der Waals surface area contributed by atoms with E-state index in [1.54, 1.807) is 14.2 Å². The van der Waals surface area contributed by atoms with Gasteiger partial charge in [0.2, 0.25) is 5.91 Å². The van der Waals surface area contributed by atoms with Crippen molar-refractivity contribution in [3.05, 3.63) is 46.1 Å². The van der Waals surface area contributed by atoms with E-state index in [0.717, 1.165) is 29.5 Å². The molecule has 9 nitrogen and oxygen atoms in total. The van der Waals surface area contributed by atoms with E-state index in [1.807, 2.05) is 40.3 Å². The highest BCUT2D eigenvalue weighted by Crippen LogP contribution is 2.49. The molecule has 3 heterocycles. The lowest BCUT2D eigenvalue weighted by Crippen LogP contribution is -2.47. The van der Waals surface area contributed by atoms with Crippen LogP contribution in [0.2, 0.25) is 0 Å². The van der Waals surface area contributed by atoms with Crippen molar-refractivity contribution in [2.24, 2.45) is 4.99 Å². The summed E-state index contributed by atoms with van der Waals surface area (Å²) < 4.78 is 16.5. The molecule has 0 saturated carbocycles. The van der Waals surface area contributed by atoms with Gasteiger partial charge in [0.25, 0.3) is 0 Å². The second kappa shape index (κ2) is 10.7. The molecular formula is C25H32N4O5S. The first-order valence-electron chi connectivity index (χ1n) is 11.7. The maximum Gasteiger partial charge on any atom is 0.338 e. The van der Waals surface area contributed by atoms with Gasteiger partial charge in [0, 0.05) is 37.4 Å². The van der Waals surface area contributed by atoms with Gasteiger partial charge in [-0.25, -0.2) is 9.79 Å². The Morgan fingerprint density at radius 2 is 1.86 bits per heavy atom. The fourth-order valence-electron chi connectivity index (χ4n) is 4.66. The Hall–Kier alpha value is -2.98. The lowest BCUT2D eigenvalue weighted by atomic mass is 9.92. The molecule has 1 saturated heterocycles. The highest BCUT2D eigenvalue weighted by molar-refractivity contribution is 8.16. The van der Waals surface area contributed by atoms with Crippen molar-refractivity contribution >= 4 is 28.8 Å². The molecule has 1 atom stereocenters. The van der Waals surface area contributed by atoms with Gasteiger partial charge < -0.3 is 28.9 Å². The molecule has 0 N–H and O–H groups in total. The van der Waals surface area contributed by atoms with E-state index in [9.17, 15) is 9.59 Å². The topological polar surface area (TPSA) is 83.9 Å². The summed E-state index contributed by atoms with van der Waals surface area (Å²) >= 11 is 1.46. The van der Waals surface area contributed by atoms with E-state index in [0.29, 0.717) is 42.3 Å². The van der Waals surface area contributed by atoms with Crippen LogP contribution < -0.4 is 9.47 Å². The van der Waals surface area contributed by atoms with Crippen molar-refractivity contribution in [2.75, 3.05) is 54.6 Å². The van der Waals surface area contributed by atoms with Gasteiger partial charge in [0.05, 0.1) is 45.1 Å². The van der Waals surface area contributed by atoms with Crippen molar-refractivity contribution in [2.45, 2.75) is 25.8 Å². The molecule has 35 heavy (non-hydrogen) atoms. The first kappa shape index (κ1) is 25.1. The number of piperazine rings is 1. The second-order valence-corrected chi connectivity index (χ2v) is 9.38. The molecule has 10 heteroatoms. The highest BCUT2D eigenvalue weighted by atomic mass is 32.2. The van der Waals surface area contributed by atoms with E-state index >= 15 is 0 Å². The number of esters is 1. The average Bonchev–Trinajstić information content (AvgIpc) is 3.28. The zero-order valence-corrected chi connectivity index (χ0v) is 21.7. The molecule has 0 bridgehead atoms. The van der Waals surface area contributed by atoms with E-state index in [4.69, 9.17) is 19.2 Å². The van der Waals surface area contributed by atoms with Crippen molar-refractivity contribution in [1.82, 2.24) is 14.7 Å². The number of amides is 1. The molecule has 1 aromatic rings. The molecule has 4 rings (SSSR count). The summed E-state index contributed by atoms with van der Waals surface area (Å²) in [5, 5.41) is 2.69. The number of methoxy groups -OCH3 is 3. The molecule has 3 aliphatic heterocycles. The molecule has 1 fully saturated rings. The summed E-state index contributed by atoms with van der Waals surface area (Å²) in [5.41, 5.74) is 2.63. The first-order chi connectivity index (χ1) is 16.9. The minimum atomic E-state index is -0.573. The number of amidine groups is 1. The van der Waals surface area contributed by atoms with E-state index in [2.05, 4.69) is 11.9 Å². The van der Waals surface area contributed by atoms with Gasteiger partial charge in [0.1, 0.15) is 0 Å². The number of ether oxygens (including phenoxy) is 3. The Morgan fingerprint density at radius 3 is 2.49 bits per heavy atom. The fraction of sp³-hybridized carbons (Fsp3) is 0.480. The van der Waals surface area contributed by atoms with Crippen LogP contribution in [0.4, 0.5) is 0 Å². The van der Waals surface area contributed by atoms with E-state index in [1.165, 1.54) is 18.9 Å². The molecule has 0 aromatic heterocycles. The molecule has 0 radical (unpaired) electrons. The van der Waals surface area contributed by atoms with Crippen LogP contribution in [0.25, 0.3) is 0 Å². The van der Waals surface area contributed by atoms with Gasteiger partial charge in [0.15, 0.2) is 16.7 Å². The number of allylic oxidation sites excluding steroid dienone is 1. The number of para-hydroxylation sites is 1. The molecule has 3 aliphatic rings. The number of aliphatic imine (C=N–C) groups is 1. The minimum absolute atomic E-state index is 0.0624. The summed E-state index contributed by atoms with van der Waals surface area (Å²) in [4.78, 5) is 37.2. The fourth-order valence-corrected chi connectivity index (χ4v) is 5.59. The van der Waals surface area contributed by atoms with Crippen LogP contribution in [0.5, 0.6) is 11.5 Å². The van der Waals surface area contributed by atoms with Crippen molar-refractivity contribution < 1.29 is 23.8 Å². The van der Waals surface area contributed by atoms with Crippen molar-refractivity contribution in [3.63, 3.8) is 0 Å². The lowest BCUT2D eigenvalue weighted by molar-refractivity contribution is -0.136. The molecule has 1 aromatic carbocycles. The predicted molar refractivity (Wildman–Crippen MR) is 135 cm³/mol. The van der Waals surface area contributed by atoms with Crippen molar-refractivity contribution in [1.29, 1.82) is 0 Å². The molecular weight excluding hydrogens is 468 g/mol. The Balaban J connectivity index is 1.77. The number of rotatable bonds is 7. The van der Waals surface area contributed by atoms with Gasteiger partial charge in [-0.15, -0.1) is 0 Å². The maximum atomic E-state index is 13.2. The van der Waals surface area contributed by atoms with Crippen LogP contribution >= 0.6 is 11.8 Å². The largest absolute Gasteiger partial charge is 0.493 e. The highest BCUT2D eigenvalue weighted by Gasteiger charge is 2.43. The van der Waals surface area contributed by atoms with Gasteiger partial charge in [-0.05, 0) is 24.9 Å². The number of fused-ring (bicyclic) bond motifs is 1. The van der Waals surface area contributed by atoms with Gasteiger partial charge in [-0.1, -0.05) is 30.8 Å². The van der Waals surface area contributed by atoms with Gasteiger partial charge in [-0.3, -0.25) is 4.79 Å². The monoisotopic (exact) mass is 500 g/mol. The van der Waals surface area contributed by atoms with Crippen LogP contribution in [0.15, 0.2) is 45.6 Å². The molecule has 1 unspecified atom stereocenters. The van der Waals surface area contributed by atoms with Crippen molar-refractivity contribution in [3.8, 4) is 11.5 Å². The SMILES string of the molecule is CCC1=C(C(=O)OC)C(c2cccc(OC)c2OC)N2C(CC(=O)N3CCN(C)CC3)=CSC2=N1. The number of carbonyl (C=O) groups excluding carboxylic acids is 2. The summed E-state index contributed by atoms with van der Waals surface area (Å²) in [5.74, 6) is 0.690. The molecule has 0 spiro atoms. The summed E-state index contributed by atoms with van der Waals surface area (Å²) in [6, 6.07) is 5.02. The average molecular weight is 501 g/mol. The number of hydrogen-bond acceptors (Lipinski definition) is 9. The molecule has 188 valence electrons. The number of benzene rings is 1. The van der Waals surface area contributed by atoms with Crippen LogP contribution in [0, 0.1) is 0 Å². The number of carbonyl (C=O) groups is 2. The standard InChI is InChI=1S/C25H32N4O5S/c1-6-18-21(24(31)34-5)22(17-8-7-9-19(32-3)23(17)33-4)29-16(15-35-25(29)26-18)14-20(30)28-12-10-27(2)11-13-28/h7-9,15,22H,6,10-14H2,1-5H3. The summed E-state index contributed by atoms with van der Waals surface area (Å²) in [7, 11) is 6.59. The van der Waals surface area contributed by atoms with Crippen LogP contribution in [0.3, 0.4) is 0 Å². The Morgan fingerprint density at radius 1 is 1.11 bits per heavy atom.